The second-order valence-corrected chi connectivity index (χ2v) is 4.19. The molecule has 0 aliphatic carbocycles. The molecule has 2 heterocycles. The lowest BCUT2D eigenvalue weighted by atomic mass is 10.3. The van der Waals surface area contributed by atoms with E-state index in [1.807, 2.05) is 13.1 Å². The molecule has 92 valence electrons. The molecule has 0 saturated heterocycles. The van der Waals surface area contributed by atoms with E-state index in [0.717, 1.165) is 23.7 Å². The van der Waals surface area contributed by atoms with Crippen molar-refractivity contribution >= 4 is 22.4 Å². The Morgan fingerprint density at radius 1 is 1.59 bits per heavy atom. The highest BCUT2D eigenvalue weighted by molar-refractivity contribution is 7.11. The van der Waals surface area contributed by atoms with E-state index in [-0.39, 0.29) is 0 Å². The van der Waals surface area contributed by atoms with Crippen LogP contribution in [0.2, 0.25) is 0 Å². The molecule has 0 spiro atoms. The van der Waals surface area contributed by atoms with Gasteiger partial charge in [0.25, 0.3) is 0 Å². The van der Waals surface area contributed by atoms with Gasteiger partial charge in [-0.3, -0.25) is 0 Å². The van der Waals surface area contributed by atoms with E-state index in [1.165, 1.54) is 11.5 Å². The van der Waals surface area contributed by atoms with Gasteiger partial charge in [-0.1, -0.05) is 0 Å². The Kier molecular flexibility index (Phi) is 3.81. The Morgan fingerprint density at radius 3 is 3.18 bits per heavy atom. The third kappa shape index (κ3) is 2.88. The molecule has 7 heteroatoms. The summed E-state index contributed by atoms with van der Waals surface area (Å²) in [5.74, 6) is 1.10. The van der Waals surface area contributed by atoms with Crippen LogP contribution < -0.4 is 15.8 Å². The summed E-state index contributed by atoms with van der Waals surface area (Å²) < 4.78 is 9.50. The van der Waals surface area contributed by atoms with Gasteiger partial charge in [0.05, 0.1) is 12.9 Å². The minimum atomic E-state index is 0.445. The summed E-state index contributed by atoms with van der Waals surface area (Å²) in [6, 6.07) is 0. The largest absolute Gasteiger partial charge is 0.487 e. The summed E-state index contributed by atoms with van der Waals surface area (Å²) in [5, 5.41) is 4.14. The number of hydrogen-bond acceptors (Lipinski definition) is 6. The Hall–Kier alpha value is -1.76. The summed E-state index contributed by atoms with van der Waals surface area (Å²) in [7, 11) is 0. The van der Waals surface area contributed by atoms with Crippen molar-refractivity contribution in [3.05, 3.63) is 18.2 Å². The fraction of sp³-hybridized carbons (Fsp3) is 0.400. The number of H-pyrrole nitrogens is 1. The number of ether oxygens (including phenoxy) is 1. The number of nitrogens with zero attached hydrogens (tertiary/aromatic N) is 2. The summed E-state index contributed by atoms with van der Waals surface area (Å²) in [4.78, 5) is 7.01. The minimum Gasteiger partial charge on any atom is -0.487 e. The van der Waals surface area contributed by atoms with Crippen molar-refractivity contribution in [1.82, 2.24) is 14.3 Å². The second-order valence-electron chi connectivity index (χ2n) is 3.41. The first-order valence-corrected chi connectivity index (χ1v) is 6.17. The first-order valence-electron chi connectivity index (χ1n) is 5.40. The van der Waals surface area contributed by atoms with E-state index >= 15 is 0 Å². The number of imidazole rings is 1. The van der Waals surface area contributed by atoms with E-state index in [9.17, 15) is 0 Å². The van der Waals surface area contributed by atoms with Crippen molar-refractivity contribution in [2.75, 3.05) is 24.2 Å². The van der Waals surface area contributed by atoms with Gasteiger partial charge in [-0.25, -0.2) is 4.98 Å². The van der Waals surface area contributed by atoms with Gasteiger partial charge in [0.15, 0.2) is 16.6 Å². The maximum atomic E-state index is 5.71. The molecule has 0 unspecified atom stereocenters. The van der Waals surface area contributed by atoms with Crippen molar-refractivity contribution in [2.24, 2.45) is 0 Å². The van der Waals surface area contributed by atoms with Crippen LogP contribution in [0.5, 0.6) is 5.75 Å². The van der Waals surface area contributed by atoms with Gasteiger partial charge in [-0.05, 0) is 18.5 Å². The fourth-order valence-electron chi connectivity index (χ4n) is 1.42. The minimum absolute atomic E-state index is 0.445. The van der Waals surface area contributed by atoms with Crippen LogP contribution in [0.15, 0.2) is 12.5 Å². The molecule has 2 aromatic rings. The highest BCUT2D eigenvalue weighted by Crippen LogP contribution is 2.34. The predicted molar refractivity (Wildman–Crippen MR) is 68.5 cm³/mol. The maximum absolute atomic E-state index is 5.71. The Labute approximate surface area is 103 Å². The van der Waals surface area contributed by atoms with Gasteiger partial charge in [0.2, 0.25) is 0 Å². The zero-order valence-corrected chi connectivity index (χ0v) is 10.4. The van der Waals surface area contributed by atoms with E-state index in [4.69, 9.17) is 10.5 Å². The van der Waals surface area contributed by atoms with Crippen molar-refractivity contribution in [2.45, 2.75) is 13.3 Å². The molecule has 0 aromatic carbocycles. The lowest BCUT2D eigenvalue weighted by molar-refractivity contribution is 0.344. The first-order chi connectivity index (χ1) is 8.31. The number of anilines is 2. The summed E-state index contributed by atoms with van der Waals surface area (Å²) in [5.41, 5.74) is 6.80. The molecule has 0 saturated carbocycles. The highest BCUT2D eigenvalue weighted by atomic mass is 32.1. The molecule has 0 radical (unpaired) electrons. The van der Waals surface area contributed by atoms with Crippen LogP contribution in [-0.4, -0.2) is 27.5 Å². The number of aromatic amines is 1. The molecule has 2 rings (SSSR count). The molecule has 6 nitrogen and oxygen atoms in total. The molecule has 0 aliphatic heterocycles. The van der Waals surface area contributed by atoms with Crippen molar-refractivity contribution in [3.8, 4) is 5.75 Å². The number of nitrogen functional groups attached to an aromatic ring is 1. The molecule has 0 aliphatic rings. The van der Waals surface area contributed by atoms with Crippen LogP contribution in [0.3, 0.4) is 0 Å². The number of nitrogens with one attached hydrogen (secondary N) is 2. The Balaban J connectivity index is 1.90. The molecule has 0 fully saturated rings. The van der Waals surface area contributed by atoms with Crippen molar-refractivity contribution in [3.63, 3.8) is 0 Å². The second kappa shape index (κ2) is 5.53. The molecule has 17 heavy (non-hydrogen) atoms. The lowest BCUT2D eigenvalue weighted by Gasteiger charge is -2.06. The van der Waals surface area contributed by atoms with Gasteiger partial charge >= 0.3 is 0 Å². The van der Waals surface area contributed by atoms with Crippen LogP contribution in [-0.2, 0) is 6.42 Å². The summed E-state index contributed by atoms with van der Waals surface area (Å²) in [6.07, 6.45) is 4.35. The van der Waals surface area contributed by atoms with Gasteiger partial charge in [-0.2, -0.15) is 4.37 Å². The van der Waals surface area contributed by atoms with E-state index in [2.05, 4.69) is 19.7 Å². The van der Waals surface area contributed by atoms with Gasteiger partial charge in [-0.15, -0.1) is 0 Å². The van der Waals surface area contributed by atoms with E-state index < -0.39 is 0 Å². The molecular formula is C10H15N5OS. The number of hydrogen-bond donors (Lipinski definition) is 3. The summed E-state index contributed by atoms with van der Waals surface area (Å²) >= 11 is 1.32. The summed E-state index contributed by atoms with van der Waals surface area (Å²) in [6.45, 7) is 3.28. The van der Waals surface area contributed by atoms with Crippen LogP contribution in [0.1, 0.15) is 12.6 Å². The van der Waals surface area contributed by atoms with Crippen molar-refractivity contribution in [1.29, 1.82) is 0 Å². The molecule has 4 N–H and O–H groups in total. The fourth-order valence-corrected chi connectivity index (χ4v) is 2.11. The standard InChI is InChI=1S/C10H15N5OS/c1-2-16-8-9(11)15-17-10(8)13-4-3-7-5-12-6-14-7/h5-6,13H,2-4H2,1H3,(H2,11,15)(H,12,14). The molecule has 0 atom stereocenters. The zero-order valence-electron chi connectivity index (χ0n) is 9.56. The van der Waals surface area contributed by atoms with Gasteiger partial charge in [0.1, 0.15) is 0 Å². The average Bonchev–Trinajstić information content (AvgIpc) is 2.93. The third-order valence-corrected chi connectivity index (χ3v) is 3.00. The highest BCUT2D eigenvalue weighted by Gasteiger charge is 2.11. The van der Waals surface area contributed by atoms with Gasteiger partial charge in [0, 0.05) is 24.9 Å². The topological polar surface area (TPSA) is 88.8 Å². The monoisotopic (exact) mass is 253 g/mol. The number of nitrogens with two attached hydrogens (primary N) is 1. The average molecular weight is 253 g/mol. The van der Waals surface area contributed by atoms with Crippen LogP contribution in [0.25, 0.3) is 0 Å². The number of rotatable bonds is 6. The van der Waals surface area contributed by atoms with E-state index in [1.54, 1.807) is 6.33 Å². The molecule has 0 amide bonds. The third-order valence-electron chi connectivity index (χ3n) is 2.20. The normalized spacial score (nSPS) is 10.4. The Bertz CT molecular complexity index is 453. The predicted octanol–water partition coefficient (Wildman–Crippen LogP) is 1.50. The zero-order chi connectivity index (χ0) is 12.1. The van der Waals surface area contributed by atoms with E-state index in [0.29, 0.717) is 18.2 Å². The SMILES string of the molecule is CCOc1c(N)nsc1NCCc1cnc[nH]1. The number of aromatic nitrogens is 3. The first kappa shape index (κ1) is 11.7. The van der Waals surface area contributed by atoms with Crippen LogP contribution in [0.4, 0.5) is 10.8 Å². The van der Waals surface area contributed by atoms with Crippen molar-refractivity contribution < 1.29 is 4.74 Å². The van der Waals surface area contributed by atoms with Crippen LogP contribution in [0, 0.1) is 0 Å². The maximum Gasteiger partial charge on any atom is 0.197 e. The lowest BCUT2D eigenvalue weighted by Crippen LogP contribution is -2.05. The molecule has 0 bridgehead atoms. The Morgan fingerprint density at radius 2 is 2.47 bits per heavy atom. The smallest absolute Gasteiger partial charge is 0.197 e. The van der Waals surface area contributed by atoms with Crippen LogP contribution >= 0.6 is 11.5 Å². The van der Waals surface area contributed by atoms with Gasteiger partial charge < -0.3 is 20.8 Å². The quantitative estimate of drug-likeness (QED) is 0.726. The molecule has 2 aromatic heterocycles. The molecular weight excluding hydrogens is 238 g/mol.